The van der Waals surface area contributed by atoms with Gasteiger partial charge in [-0.15, -0.1) is 0 Å². The number of rotatable bonds is 9. The van der Waals surface area contributed by atoms with Crippen molar-refractivity contribution < 1.29 is 14.3 Å². The van der Waals surface area contributed by atoms with Crippen molar-refractivity contribution in [1.29, 1.82) is 0 Å². The van der Waals surface area contributed by atoms with Crippen molar-refractivity contribution in [3.63, 3.8) is 0 Å². The Labute approximate surface area is 242 Å². The summed E-state index contributed by atoms with van der Waals surface area (Å²) in [5.74, 6) is 2.35. The number of amides is 1. The van der Waals surface area contributed by atoms with Crippen LogP contribution in [0.1, 0.15) is 29.8 Å². The van der Waals surface area contributed by atoms with Gasteiger partial charge in [-0.1, -0.05) is 56.3 Å². The lowest BCUT2D eigenvalue weighted by molar-refractivity contribution is 0.0246. The molecule has 0 radical (unpaired) electrons. The van der Waals surface area contributed by atoms with Crippen molar-refractivity contribution in [3.05, 3.63) is 90.0 Å². The first kappa shape index (κ1) is 27.2. The number of ether oxygens (including phenoxy) is 2. The van der Waals surface area contributed by atoms with E-state index in [1.54, 1.807) is 7.11 Å². The molecule has 0 N–H and O–H groups in total. The molecular weight excluding hydrogens is 512 g/mol. The Hall–Kier alpha value is -3.97. The van der Waals surface area contributed by atoms with Crippen LogP contribution in [0.5, 0.6) is 11.6 Å². The molecule has 0 bridgehead atoms. The van der Waals surface area contributed by atoms with Gasteiger partial charge < -0.3 is 23.8 Å². The van der Waals surface area contributed by atoms with Crippen LogP contribution in [0.4, 0.5) is 5.69 Å². The van der Waals surface area contributed by atoms with E-state index in [9.17, 15) is 4.79 Å². The molecular formula is C34H40N4O3. The van der Waals surface area contributed by atoms with E-state index in [1.165, 1.54) is 0 Å². The molecule has 0 saturated carbocycles. The number of benzene rings is 3. The minimum Gasteiger partial charge on any atom is -0.495 e. The Morgan fingerprint density at radius 2 is 1.63 bits per heavy atom. The molecule has 4 aromatic rings. The quantitative estimate of drug-likeness (QED) is 0.273. The molecule has 2 aliphatic heterocycles. The molecule has 7 heteroatoms. The molecule has 0 aliphatic carbocycles. The average molecular weight is 553 g/mol. The molecule has 2 aliphatic rings. The third-order valence-electron chi connectivity index (χ3n) is 8.29. The van der Waals surface area contributed by atoms with Crippen LogP contribution in [0.3, 0.4) is 0 Å². The molecule has 41 heavy (non-hydrogen) atoms. The fourth-order valence-electron chi connectivity index (χ4n) is 6.04. The number of aromatic nitrogens is 1. The lowest BCUT2D eigenvalue weighted by Crippen LogP contribution is -2.64. The standard InChI is InChI=1S/C34H40N4O3/c1-25(2)21-38-30-14-13-27(19-28(30)20-33(38)41-24-26-9-5-4-6-10-26)34(39)37-22-29(23-37)35-15-17-36(18-16-35)31-11-7-8-12-32(31)40-3/h4-14,19-20,25,29H,15-18,21-24H2,1-3H3. The van der Waals surface area contributed by atoms with E-state index in [4.69, 9.17) is 9.47 Å². The van der Waals surface area contributed by atoms with Gasteiger partial charge in [0, 0.05) is 68.9 Å². The first-order valence-corrected chi connectivity index (χ1v) is 14.7. The number of carbonyl (C=O) groups is 1. The minimum absolute atomic E-state index is 0.110. The summed E-state index contributed by atoms with van der Waals surface area (Å²) in [7, 11) is 1.73. The molecule has 3 aromatic carbocycles. The molecule has 6 rings (SSSR count). The number of hydrogen-bond donors (Lipinski definition) is 0. The van der Waals surface area contributed by atoms with Gasteiger partial charge in [0.25, 0.3) is 5.91 Å². The monoisotopic (exact) mass is 552 g/mol. The second-order valence-electron chi connectivity index (χ2n) is 11.6. The molecule has 0 atom stereocenters. The van der Waals surface area contributed by atoms with Crippen LogP contribution in [0.15, 0.2) is 78.9 Å². The summed E-state index contributed by atoms with van der Waals surface area (Å²) in [6.45, 7) is 11.3. The molecule has 214 valence electrons. The maximum absolute atomic E-state index is 13.4. The molecule has 1 aromatic heterocycles. The van der Waals surface area contributed by atoms with Gasteiger partial charge >= 0.3 is 0 Å². The summed E-state index contributed by atoms with van der Waals surface area (Å²) in [5, 5.41) is 1.05. The number of piperazine rings is 1. The predicted octanol–water partition coefficient (Wildman–Crippen LogP) is 5.53. The summed E-state index contributed by atoms with van der Waals surface area (Å²) in [6.07, 6.45) is 0. The number of carbonyl (C=O) groups excluding carboxylic acids is 1. The fourth-order valence-corrected chi connectivity index (χ4v) is 6.04. The largest absolute Gasteiger partial charge is 0.495 e. The number of para-hydroxylation sites is 2. The molecule has 3 heterocycles. The summed E-state index contributed by atoms with van der Waals surface area (Å²) in [4.78, 5) is 20.3. The normalized spacial score (nSPS) is 16.3. The number of fused-ring (bicyclic) bond motifs is 1. The number of likely N-dealkylation sites (tertiary alicyclic amines) is 1. The van der Waals surface area contributed by atoms with E-state index in [1.807, 2.05) is 47.4 Å². The highest BCUT2D eigenvalue weighted by Gasteiger charge is 2.36. The highest BCUT2D eigenvalue weighted by atomic mass is 16.5. The van der Waals surface area contributed by atoms with Crippen LogP contribution in [0.2, 0.25) is 0 Å². The Balaban J connectivity index is 1.08. The molecule has 2 saturated heterocycles. The SMILES string of the molecule is COc1ccccc1N1CCN(C2CN(C(=O)c3ccc4c(c3)cc(OCc3ccccc3)n4CC(C)C)C2)CC1. The number of anilines is 1. The second kappa shape index (κ2) is 11.9. The molecule has 0 unspecified atom stereocenters. The Morgan fingerprint density at radius 1 is 0.902 bits per heavy atom. The highest BCUT2D eigenvalue weighted by molar-refractivity contribution is 5.99. The van der Waals surface area contributed by atoms with Gasteiger partial charge in [-0.3, -0.25) is 9.69 Å². The van der Waals surface area contributed by atoms with E-state index < -0.39 is 0 Å². The maximum atomic E-state index is 13.4. The highest BCUT2D eigenvalue weighted by Crippen LogP contribution is 2.31. The average Bonchev–Trinajstić information content (AvgIpc) is 3.31. The van der Waals surface area contributed by atoms with Crippen molar-refractivity contribution in [1.82, 2.24) is 14.4 Å². The van der Waals surface area contributed by atoms with Crippen molar-refractivity contribution in [2.75, 3.05) is 51.3 Å². The Bertz CT molecular complexity index is 1480. The van der Waals surface area contributed by atoms with E-state index in [0.29, 0.717) is 18.6 Å². The van der Waals surface area contributed by atoms with Crippen molar-refractivity contribution in [3.8, 4) is 11.6 Å². The molecule has 7 nitrogen and oxygen atoms in total. The zero-order chi connectivity index (χ0) is 28.3. The second-order valence-corrected chi connectivity index (χ2v) is 11.6. The Morgan fingerprint density at radius 3 is 2.37 bits per heavy atom. The predicted molar refractivity (Wildman–Crippen MR) is 164 cm³/mol. The molecule has 2 fully saturated rings. The lowest BCUT2D eigenvalue weighted by Gasteiger charge is -2.48. The van der Waals surface area contributed by atoms with Gasteiger partial charge in [0.2, 0.25) is 0 Å². The first-order valence-electron chi connectivity index (χ1n) is 14.7. The summed E-state index contributed by atoms with van der Waals surface area (Å²) in [5.41, 5.74) is 4.14. The van der Waals surface area contributed by atoms with Gasteiger partial charge in [0.15, 0.2) is 5.88 Å². The number of nitrogens with zero attached hydrogens (tertiary/aromatic N) is 4. The van der Waals surface area contributed by atoms with Crippen LogP contribution in [0.25, 0.3) is 10.9 Å². The van der Waals surface area contributed by atoms with Crippen molar-refractivity contribution in [2.45, 2.75) is 33.0 Å². The zero-order valence-electron chi connectivity index (χ0n) is 24.3. The van der Waals surface area contributed by atoms with E-state index in [-0.39, 0.29) is 5.91 Å². The van der Waals surface area contributed by atoms with Gasteiger partial charge in [0.05, 0.1) is 18.3 Å². The summed E-state index contributed by atoms with van der Waals surface area (Å²) in [6, 6.07) is 27.0. The summed E-state index contributed by atoms with van der Waals surface area (Å²) < 4.78 is 14.1. The van der Waals surface area contributed by atoms with Crippen LogP contribution in [-0.4, -0.2) is 72.7 Å². The summed E-state index contributed by atoms with van der Waals surface area (Å²) >= 11 is 0. The smallest absolute Gasteiger partial charge is 0.253 e. The van der Waals surface area contributed by atoms with E-state index in [2.05, 4.69) is 64.6 Å². The molecule has 0 spiro atoms. The molecule has 1 amide bonds. The van der Waals surface area contributed by atoms with E-state index >= 15 is 0 Å². The van der Waals surface area contributed by atoms with Gasteiger partial charge in [0.1, 0.15) is 12.4 Å². The minimum atomic E-state index is 0.110. The van der Waals surface area contributed by atoms with Crippen LogP contribution >= 0.6 is 0 Å². The van der Waals surface area contributed by atoms with E-state index in [0.717, 1.165) is 85.2 Å². The van der Waals surface area contributed by atoms with Gasteiger partial charge in [-0.2, -0.15) is 0 Å². The van der Waals surface area contributed by atoms with Gasteiger partial charge in [-0.05, 0) is 41.8 Å². The van der Waals surface area contributed by atoms with Gasteiger partial charge in [-0.25, -0.2) is 0 Å². The zero-order valence-corrected chi connectivity index (χ0v) is 24.3. The van der Waals surface area contributed by atoms with Crippen LogP contribution in [0, 0.1) is 5.92 Å². The Kier molecular flexibility index (Phi) is 7.88. The number of methoxy groups -OCH3 is 1. The van der Waals surface area contributed by atoms with Crippen LogP contribution < -0.4 is 14.4 Å². The maximum Gasteiger partial charge on any atom is 0.253 e. The number of hydrogen-bond acceptors (Lipinski definition) is 5. The van der Waals surface area contributed by atoms with Crippen molar-refractivity contribution >= 4 is 22.5 Å². The van der Waals surface area contributed by atoms with Crippen molar-refractivity contribution in [2.24, 2.45) is 5.92 Å². The fraction of sp³-hybridized carbons (Fsp3) is 0.382. The third-order valence-corrected chi connectivity index (χ3v) is 8.29. The van der Waals surface area contributed by atoms with Crippen LogP contribution in [-0.2, 0) is 13.2 Å². The third kappa shape index (κ3) is 5.77. The lowest BCUT2D eigenvalue weighted by atomic mass is 10.0. The topological polar surface area (TPSA) is 50.2 Å². The first-order chi connectivity index (χ1) is 20.0.